The highest BCUT2D eigenvalue weighted by Crippen LogP contribution is 2.25. The van der Waals surface area contributed by atoms with E-state index in [2.05, 4.69) is 25.7 Å². The van der Waals surface area contributed by atoms with Gasteiger partial charge in [0.15, 0.2) is 0 Å². The van der Waals surface area contributed by atoms with Gasteiger partial charge in [-0.3, -0.25) is 4.84 Å². The van der Waals surface area contributed by atoms with Crippen LogP contribution in [0.25, 0.3) is 0 Å². The van der Waals surface area contributed by atoms with Gasteiger partial charge >= 0.3 is 6.18 Å². The molecule has 0 unspecified atom stereocenters. The monoisotopic (exact) mass is 327 g/mol. The maximum Gasteiger partial charge on any atom is 0.408 e. The number of anilines is 2. The second-order valence-corrected chi connectivity index (χ2v) is 5.55. The molecule has 1 atom stereocenters. The summed E-state index contributed by atoms with van der Waals surface area (Å²) in [6.45, 7) is 6.73. The first-order valence-electron chi connectivity index (χ1n) is 6.20. The van der Waals surface area contributed by atoms with Gasteiger partial charge in [-0.25, -0.2) is 5.48 Å². The van der Waals surface area contributed by atoms with Crippen molar-refractivity contribution in [3.63, 3.8) is 0 Å². The van der Waals surface area contributed by atoms with Crippen molar-refractivity contribution in [1.82, 2.24) is 15.0 Å². The lowest BCUT2D eigenvalue weighted by molar-refractivity contribution is -0.143. The molecule has 0 aliphatic carbocycles. The standard InChI is InChI=1S/C11H17ClF3N5O/c1-5-6(11(13,14)15)16-8-17-7(12)18-9(19-8)20-21-10(2,3)4/h6H,5H2,1-4H3,(H2,16,17,18,19,20)/t6-/m1/s1. The molecule has 1 rings (SSSR count). The van der Waals surface area contributed by atoms with E-state index in [-0.39, 0.29) is 23.6 Å². The lowest BCUT2D eigenvalue weighted by Crippen LogP contribution is -2.36. The second-order valence-electron chi connectivity index (χ2n) is 5.21. The molecule has 0 spiro atoms. The molecule has 0 saturated heterocycles. The highest BCUT2D eigenvalue weighted by Gasteiger charge is 2.38. The molecule has 10 heteroatoms. The van der Waals surface area contributed by atoms with Crippen LogP contribution in [0.5, 0.6) is 0 Å². The normalized spacial score (nSPS) is 13.9. The molecule has 0 amide bonds. The molecule has 21 heavy (non-hydrogen) atoms. The number of aromatic nitrogens is 3. The van der Waals surface area contributed by atoms with Gasteiger partial charge in [0, 0.05) is 0 Å². The molecule has 6 nitrogen and oxygen atoms in total. The SMILES string of the molecule is CC[C@@H](Nc1nc(Cl)nc(NOC(C)(C)C)n1)C(F)(F)F. The van der Waals surface area contributed by atoms with Gasteiger partial charge in [0.1, 0.15) is 6.04 Å². The van der Waals surface area contributed by atoms with Crippen molar-refractivity contribution in [3.05, 3.63) is 5.28 Å². The molecule has 0 radical (unpaired) electrons. The quantitative estimate of drug-likeness (QED) is 0.807. The number of hydrogen-bond donors (Lipinski definition) is 2. The molecule has 0 aromatic carbocycles. The Labute approximate surface area is 125 Å². The lowest BCUT2D eigenvalue weighted by atomic mass is 10.2. The van der Waals surface area contributed by atoms with E-state index in [1.165, 1.54) is 6.92 Å². The summed E-state index contributed by atoms with van der Waals surface area (Å²) in [5, 5.41) is 1.93. The van der Waals surface area contributed by atoms with E-state index in [9.17, 15) is 13.2 Å². The van der Waals surface area contributed by atoms with Crippen LogP contribution in [0.15, 0.2) is 0 Å². The highest BCUT2D eigenvalue weighted by molar-refractivity contribution is 6.28. The Bertz CT molecular complexity index is 478. The van der Waals surface area contributed by atoms with Crippen molar-refractivity contribution in [3.8, 4) is 0 Å². The van der Waals surface area contributed by atoms with Gasteiger partial charge in [-0.15, -0.1) is 0 Å². The average Bonchev–Trinajstić information content (AvgIpc) is 2.30. The Hall–Kier alpha value is -1.35. The molecule has 0 fully saturated rings. The zero-order valence-electron chi connectivity index (χ0n) is 12.0. The number of nitrogens with one attached hydrogen (secondary N) is 2. The molecule has 0 aliphatic heterocycles. The van der Waals surface area contributed by atoms with Crippen LogP contribution in [0, 0.1) is 0 Å². The third kappa shape index (κ3) is 6.30. The van der Waals surface area contributed by atoms with Crippen molar-refractivity contribution >= 4 is 23.5 Å². The molecule has 0 saturated carbocycles. The summed E-state index contributed by atoms with van der Waals surface area (Å²) in [6.07, 6.45) is -4.59. The predicted octanol–water partition coefficient (Wildman–Crippen LogP) is 3.42. The van der Waals surface area contributed by atoms with E-state index in [0.717, 1.165) is 0 Å². The largest absolute Gasteiger partial charge is 0.408 e. The maximum atomic E-state index is 12.7. The van der Waals surface area contributed by atoms with Crippen LogP contribution >= 0.6 is 11.6 Å². The number of nitrogens with zero attached hydrogens (tertiary/aromatic N) is 3. The Balaban J connectivity index is 2.86. The minimum atomic E-state index is -4.41. The van der Waals surface area contributed by atoms with Crippen LogP contribution in [0.1, 0.15) is 34.1 Å². The van der Waals surface area contributed by atoms with Gasteiger partial charge in [-0.1, -0.05) is 6.92 Å². The highest BCUT2D eigenvalue weighted by atomic mass is 35.5. The minimum Gasteiger partial charge on any atom is -0.342 e. The van der Waals surface area contributed by atoms with Crippen LogP contribution in [0.2, 0.25) is 5.28 Å². The number of hydrogen-bond acceptors (Lipinski definition) is 6. The van der Waals surface area contributed by atoms with Crippen molar-refractivity contribution < 1.29 is 18.0 Å². The fourth-order valence-corrected chi connectivity index (χ4v) is 1.39. The van der Waals surface area contributed by atoms with Crippen LogP contribution in [0.4, 0.5) is 25.1 Å². The molecule has 2 N–H and O–H groups in total. The third-order valence-corrected chi connectivity index (χ3v) is 2.33. The van der Waals surface area contributed by atoms with Gasteiger partial charge in [0.2, 0.25) is 11.2 Å². The van der Waals surface area contributed by atoms with Gasteiger partial charge in [0.05, 0.1) is 5.60 Å². The number of alkyl halides is 3. The summed E-state index contributed by atoms with van der Waals surface area (Å²) in [7, 11) is 0. The summed E-state index contributed by atoms with van der Waals surface area (Å²) in [5.74, 6) is -0.358. The summed E-state index contributed by atoms with van der Waals surface area (Å²) in [6, 6.07) is -1.77. The van der Waals surface area contributed by atoms with Gasteiger partial charge in [0.25, 0.3) is 5.95 Å². The predicted molar refractivity (Wildman–Crippen MR) is 73.1 cm³/mol. The summed E-state index contributed by atoms with van der Waals surface area (Å²) in [4.78, 5) is 16.3. The fraction of sp³-hybridized carbons (Fsp3) is 0.727. The molecular weight excluding hydrogens is 311 g/mol. The van der Waals surface area contributed by atoms with Crippen LogP contribution in [-0.2, 0) is 4.84 Å². The molecule has 1 aromatic rings. The van der Waals surface area contributed by atoms with E-state index in [1.807, 2.05) is 0 Å². The lowest BCUT2D eigenvalue weighted by Gasteiger charge is -2.21. The van der Waals surface area contributed by atoms with Gasteiger partial charge in [-0.2, -0.15) is 28.1 Å². The number of halogens is 4. The summed E-state index contributed by atoms with van der Waals surface area (Å²) >= 11 is 5.66. The van der Waals surface area contributed by atoms with E-state index >= 15 is 0 Å². The second kappa shape index (κ2) is 6.61. The Morgan fingerprint density at radius 2 is 1.71 bits per heavy atom. The number of rotatable bonds is 5. The minimum absolute atomic E-state index is 0.0792. The molecule has 1 heterocycles. The Morgan fingerprint density at radius 1 is 1.14 bits per heavy atom. The fourth-order valence-electron chi connectivity index (χ4n) is 1.23. The van der Waals surface area contributed by atoms with Crippen molar-refractivity contribution in [2.75, 3.05) is 10.8 Å². The van der Waals surface area contributed by atoms with E-state index < -0.39 is 17.8 Å². The van der Waals surface area contributed by atoms with Gasteiger partial charge in [-0.05, 0) is 38.8 Å². The zero-order valence-corrected chi connectivity index (χ0v) is 12.8. The molecular formula is C11H17ClF3N5O. The van der Waals surface area contributed by atoms with E-state index in [1.54, 1.807) is 20.8 Å². The topological polar surface area (TPSA) is 72.0 Å². The first-order valence-corrected chi connectivity index (χ1v) is 6.58. The third-order valence-electron chi connectivity index (χ3n) is 2.16. The Kier molecular flexibility index (Phi) is 5.57. The molecule has 120 valence electrons. The van der Waals surface area contributed by atoms with Crippen molar-refractivity contribution in [2.24, 2.45) is 0 Å². The molecule has 0 aliphatic rings. The average molecular weight is 328 g/mol. The molecule has 0 bridgehead atoms. The summed E-state index contributed by atoms with van der Waals surface area (Å²) in [5.41, 5.74) is 1.89. The van der Waals surface area contributed by atoms with Crippen molar-refractivity contribution in [2.45, 2.75) is 51.9 Å². The van der Waals surface area contributed by atoms with E-state index in [4.69, 9.17) is 16.4 Å². The van der Waals surface area contributed by atoms with Crippen LogP contribution in [0.3, 0.4) is 0 Å². The van der Waals surface area contributed by atoms with Gasteiger partial charge < -0.3 is 5.32 Å². The van der Waals surface area contributed by atoms with Crippen LogP contribution < -0.4 is 10.8 Å². The maximum absolute atomic E-state index is 12.7. The smallest absolute Gasteiger partial charge is 0.342 e. The van der Waals surface area contributed by atoms with E-state index in [0.29, 0.717) is 0 Å². The van der Waals surface area contributed by atoms with Crippen molar-refractivity contribution in [1.29, 1.82) is 0 Å². The van der Waals surface area contributed by atoms with Crippen LogP contribution in [-0.4, -0.2) is 32.8 Å². The molecule has 1 aromatic heterocycles. The summed E-state index contributed by atoms with van der Waals surface area (Å²) < 4.78 is 38.1. The first-order chi connectivity index (χ1) is 9.51. The first kappa shape index (κ1) is 17.7. The Morgan fingerprint density at radius 3 is 2.19 bits per heavy atom. The zero-order chi connectivity index (χ0) is 16.3.